The third-order valence-electron chi connectivity index (χ3n) is 6.86. The van der Waals surface area contributed by atoms with Gasteiger partial charge in [0, 0.05) is 49.9 Å². The number of sulfone groups is 1. The van der Waals surface area contributed by atoms with Gasteiger partial charge in [0.25, 0.3) is 10.0 Å². The van der Waals surface area contributed by atoms with E-state index in [9.17, 15) is 16.8 Å². The summed E-state index contributed by atoms with van der Waals surface area (Å²) in [6.07, 6.45) is 0. The number of aromatic nitrogens is 3. The molecule has 0 unspecified atom stereocenters. The summed E-state index contributed by atoms with van der Waals surface area (Å²) in [4.78, 5) is 4.62. The van der Waals surface area contributed by atoms with Crippen LogP contribution in [0.25, 0.3) is 0 Å². The Morgan fingerprint density at radius 2 is 1.68 bits per heavy atom. The minimum atomic E-state index is -4.05. The van der Waals surface area contributed by atoms with Gasteiger partial charge in [-0.1, -0.05) is 29.4 Å². The molecule has 1 aliphatic heterocycles. The fraction of sp³-hybridized carbons (Fsp3) is 0.333. The smallest absolute Gasteiger partial charge is 0.322 e. The quantitative estimate of drug-likeness (QED) is 0.283. The molecule has 4 aromatic rings. The summed E-state index contributed by atoms with van der Waals surface area (Å²) in [5.74, 6) is 0.976. The zero-order valence-electron chi connectivity index (χ0n) is 23.0. The second kappa shape index (κ2) is 11.9. The first-order valence-corrected chi connectivity index (χ1v) is 17.0. The maximum absolute atomic E-state index is 13.2. The van der Waals surface area contributed by atoms with E-state index in [1.54, 1.807) is 29.7 Å². The predicted octanol–water partition coefficient (Wildman–Crippen LogP) is 3.78. The van der Waals surface area contributed by atoms with E-state index in [2.05, 4.69) is 31.8 Å². The van der Waals surface area contributed by atoms with Crippen molar-refractivity contribution in [3.05, 3.63) is 71.9 Å². The zero-order chi connectivity index (χ0) is 29.2. The van der Waals surface area contributed by atoms with Crippen molar-refractivity contribution in [2.75, 3.05) is 38.1 Å². The van der Waals surface area contributed by atoms with Crippen molar-refractivity contribution in [2.45, 2.75) is 40.4 Å². The summed E-state index contributed by atoms with van der Waals surface area (Å²) in [6.45, 7) is 7.82. The van der Waals surface area contributed by atoms with E-state index in [1.165, 1.54) is 23.6 Å². The van der Waals surface area contributed by atoms with Gasteiger partial charge in [-0.05, 0) is 51.2 Å². The number of nitrogens with zero attached hydrogens (tertiary/aromatic N) is 5. The van der Waals surface area contributed by atoms with Crippen molar-refractivity contribution in [3.63, 3.8) is 0 Å². The molecule has 0 radical (unpaired) electrons. The third-order valence-corrected chi connectivity index (χ3v) is 11.7. The first kappa shape index (κ1) is 29.2. The maximum Gasteiger partial charge on any atom is 0.322 e. The summed E-state index contributed by atoms with van der Waals surface area (Å²) in [6, 6.07) is 16.3. The SMILES string of the molecule is CCn1c(Oc2cccc(N3CCN(C)CC3)c2)nnc1[C@@H](C)NS(=O)(=O)c1cc(S(=O)(=O)c2ccccc2)cs1. The molecular weight excluding hydrogens is 585 g/mol. The van der Waals surface area contributed by atoms with Crippen LogP contribution < -0.4 is 14.4 Å². The molecule has 1 aliphatic rings. The lowest BCUT2D eigenvalue weighted by Crippen LogP contribution is -2.44. The highest BCUT2D eigenvalue weighted by molar-refractivity contribution is 7.93. The Morgan fingerprint density at radius 3 is 2.39 bits per heavy atom. The fourth-order valence-corrected chi connectivity index (χ4v) is 8.69. The maximum atomic E-state index is 13.2. The van der Waals surface area contributed by atoms with Gasteiger partial charge in [0.2, 0.25) is 9.84 Å². The highest BCUT2D eigenvalue weighted by atomic mass is 32.2. The molecule has 41 heavy (non-hydrogen) atoms. The Kier molecular flexibility index (Phi) is 8.47. The Morgan fingerprint density at radius 1 is 0.951 bits per heavy atom. The van der Waals surface area contributed by atoms with Crippen molar-refractivity contribution >= 4 is 36.9 Å². The number of hydrogen-bond donors (Lipinski definition) is 1. The van der Waals surface area contributed by atoms with Crippen molar-refractivity contribution in [1.29, 1.82) is 0 Å². The first-order chi connectivity index (χ1) is 19.6. The van der Waals surface area contributed by atoms with E-state index in [-0.39, 0.29) is 20.0 Å². The second-order valence-corrected chi connectivity index (χ2v) is 14.5. The number of ether oxygens (including phenoxy) is 1. The molecule has 1 saturated heterocycles. The third kappa shape index (κ3) is 6.31. The largest absolute Gasteiger partial charge is 0.424 e. The normalized spacial score (nSPS) is 15.6. The molecule has 0 amide bonds. The predicted molar refractivity (Wildman–Crippen MR) is 157 cm³/mol. The molecule has 0 saturated carbocycles. The van der Waals surface area contributed by atoms with E-state index < -0.39 is 25.9 Å². The van der Waals surface area contributed by atoms with Crippen LogP contribution in [-0.2, 0) is 26.4 Å². The van der Waals surface area contributed by atoms with Crippen molar-refractivity contribution in [3.8, 4) is 11.8 Å². The van der Waals surface area contributed by atoms with Crippen LogP contribution in [0.2, 0.25) is 0 Å². The molecule has 14 heteroatoms. The van der Waals surface area contributed by atoms with Gasteiger partial charge in [0.05, 0.1) is 15.8 Å². The Balaban J connectivity index is 1.31. The molecule has 2 aromatic carbocycles. The average Bonchev–Trinajstić information content (AvgIpc) is 3.63. The number of piperazine rings is 1. The lowest BCUT2D eigenvalue weighted by atomic mass is 10.2. The van der Waals surface area contributed by atoms with Crippen LogP contribution in [0.1, 0.15) is 25.7 Å². The average molecular weight is 617 g/mol. The van der Waals surface area contributed by atoms with Gasteiger partial charge in [-0.25, -0.2) is 16.8 Å². The number of nitrogens with one attached hydrogen (secondary N) is 1. The summed E-state index contributed by atoms with van der Waals surface area (Å²) in [7, 11) is -5.78. The minimum absolute atomic E-state index is 0.0760. The van der Waals surface area contributed by atoms with Crippen molar-refractivity contribution in [1.82, 2.24) is 24.4 Å². The van der Waals surface area contributed by atoms with Crippen LogP contribution in [0.3, 0.4) is 0 Å². The molecule has 5 rings (SSSR count). The lowest BCUT2D eigenvalue weighted by Gasteiger charge is -2.34. The zero-order valence-corrected chi connectivity index (χ0v) is 25.4. The molecule has 1 fully saturated rings. The van der Waals surface area contributed by atoms with E-state index >= 15 is 0 Å². The topological polar surface area (TPSA) is 127 Å². The highest BCUT2D eigenvalue weighted by Gasteiger charge is 2.28. The highest BCUT2D eigenvalue weighted by Crippen LogP contribution is 2.30. The van der Waals surface area contributed by atoms with Crippen molar-refractivity contribution in [2.24, 2.45) is 0 Å². The first-order valence-electron chi connectivity index (χ1n) is 13.1. The molecule has 0 bridgehead atoms. The Hall–Kier alpha value is -3.30. The van der Waals surface area contributed by atoms with Crippen LogP contribution in [0.15, 0.2) is 80.0 Å². The number of rotatable bonds is 10. The lowest BCUT2D eigenvalue weighted by molar-refractivity contribution is 0.312. The molecule has 218 valence electrons. The molecule has 0 aliphatic carbocycles. The summed E-state index contributed by atoms with van der Waals surface area (Å²) in [5.41, 5.74) is 1.06. The molecule has 0 spiro atoms. The van der Waals surface area contributed by atoms with E-state index in [4.69, 9.17) is 4.74 Å². The van der Waals surface area contributed by atoms with Gasteiger partial charge in [-0.3, -0.25) is 4.57 Å². The monoisotopic (exact) mass is 616 g/mol. The molecule has 2 aromatic heterocycles. The van der Waals surface area contributed by atoms with Gasteiger partial charge in [0.15, 0.2) is 5.82 Å². The van der Waals surface area contributed by atoms with E-state index in [1.807, 2.05) is 31.2 Å². The number of sulfonamides is 1. The molecular formula is C27H32N6O5S3. The van der Waals surface area contributed by atoms with Crippen LogP contribution in [0, 0.1) is 0 Å². The van der Waals surface area contributed by atoms with E-state index in [0.717, 1.165) is 43.2 Å². The van der Waals surface area contributed by atoms with Gasteiger partial charge in [-0.15, -0.1) is 16.4 Å². The minimum Gasteiger partial charge on any atom is -0.424 e. The number of hydrogen-bond acceptors (Lipinski definition) is 10. The number of likely N-dealkylation sites (N-methyl/N-ethyl adjacent to an activating group) is 1. The molecule has 1 atom stereocenters. The van der Waals surface area contributed by atoms with Crippen LogP contribution in [-0.4, -0.2) is 69.7 Å². The summed E-state index contributed by atoms with van der Waals surface area (Å²) in [5, 5.41) is 9.74. The van der Waals surface area contributed by atoms with Gasteiger partial charge in [-0.2, -0.15) is 4.72 Å². The second-order valence-electron chi connectivity index (χ2n) is 9.74. The van der Waals surface area contributed by atoms with Gasteiger partial charge >= 0.3 is 6.01 Å². The van der Waals surface area contributed by atoms with Crippen LogP contribution in [0.5, 0.6) is 11.8 Å². The van der Waals surface area contributed by atoms with Crippen LogP contribution >= 0.6 is 11.3 Å². The number of anilines is 1. The molecule has 11 nitrogen and oxygen atoms in total. The van der Waals surface area contributed by atoms with Crippen LogP contribution in [0.4, 0.5) is 5.69 Å². The Labute approximate surface area is 244 Å². The summed E-state index contributed by atoms with van der Waals surface area (Å²) < 4.78 is 62.6. The molecule has 1 N–H and O–H groups in total. The molecule has 3 heterocycles. The van der Waals surface area contributed by atoms with Gasteiger partial charge in [0.1, 0.15) is 9.96 Å². The standard InChI is InChI=1S/C27H32N6O5S3/c1-4-33-26(28-29-27(33)38-22-10-8-9-21(17-22)32-15-13-31(3)14-16-32)20(2)30-41(36,37)25-18-24(19-39-25)40(34,35)23-11-6-5-7-12-23/h5-12,17-20,30H,4,13-16H2,1-3H3/t20-/m1/s1. The number of benzene rings is 2. The fourth-order valence-electron chi connectivity index (χ4n) is 4.57. The Bertz CT molecular complexity index is 1710. The van der Waals surface area contributed by atoms with E-state index in [0.29, 0.717) is 18.1 Å². The van der Waals surface area contributed by atoms with Gasteiger partial charge < -0.3 is 14.5 Å². The summed E-state index contributed by atoms with van der Waals surface area (Å²) >= 11 is 0.841. The van der Waals surface area contributed by atoms with Crippen molar-refractivity contribution < 1.29 is 21.6 Å². The number of thiophene rings is 1.